The van der Waals surface area contributed by atoms with Gasteiger partial charge in [0.15, 0.2) is 0 Å². The topological polar surface area (TPSA) is 47.6 Å². The number of anilines is 2. The van der Waals surface area contributed by atoms with Crippen LogP contribution in [-0.4, -0.2) is 49.7 Å². The number of piperazine rings is 1. The number of benzene rings is 2. The minimum absolute atomic E-state index is 0.116. The van der Waals surface area contributed by atoms with Crippen LogP contribution >= 0.6 is 0 Å². The molecule has 3 rings (SSSR count). The molecular formula is C24H34N4O. The van der Waals surface area contributed by atoms with Crippen molar-refractivity contribution in [3.05, 3.63) is 59.7 Å². The first-order valence-electron chi connectivity index (χ1n) is 10.7. The van der Waals surface area contributed by atoms with E-state index in [1.54, 1.807) is 0 Å². The molecule has 0 bridgehead atoms. The van der Waals surface area contributed by atoms with Crippen molar-refractivity contribution in [2.75, 3.05) is 42.9 Å². The zero-order chi connectivity index (χ0) is 20.6. The fraction of sp³-hybridized carbons (Fsp3) is 0.458. The Hall–Kier alpha value is -2.53. The molecule has 0 spiro atoms. The number of carbonyl (C=O) groups is 1. The minimum atomic E-state index is -0.144. The van der Waals surface area contributed by atoms with Gasteiger partial charge in [-0.1, -0.05) is 37.3 Å². The van der Waals surface area contributed by atoms with Crippen LogP contribution in [0.1, 0.15) is 31.4 Å². The summed E-state index contributed by atoms with van der Waals surface area (Å²) >= 11 is 0. The quantitative estimate of drug-likeness (QED) is 0.737. The molecule has 5 heteroatoms. The van der Waals surface area contributed by atoms with Crippen molar-refractivity contribution in [2.24, 2.45) is 0 Å². The number of rotatable bonds is 7. The standard InChI is InChI=1S/C24H34N4O/c1-4-27-14-16-28(17-15-27)23-13-12-22(18-19(23)2)26-24(29)25-20(3)10-11-21-8-6-5-7-9-21/h5-9,12-13,18,20H,4,10-11,14-17H2,1-3H3,(H2,25,26,29)/t20-/m1/s1. The zero-order valence-corrected chi connectivity index (χ0v) is 17.9. The zero-order valence-electron chi connectivity index (χ0n) is 17.9. The molecule has 1 fully saturated rings. The summed E-state index contributed by atoms with van der Waals surface area (Å²) in [5, 5.41) is 6.02. The molecule has 2 aromatic carbocycles. The number of nitrogens with one attached hydrogen (secondary N) is 2. The molecule has 1 heterocycles. The van der Waals surface area contributed by atoms with Crippen molar-refractivity contribution < 1.29 is 4.79 Å². The SMILES string of the molecule is CCN1CCN(c2ccc(NC(=O)N[C@H](C)CCc3ccccc3)cc2C)CC1. The van der Waals surface area contributed by atoms with E-state index >= 15 is 0 Å². The fourth-order valence-corrected chi connectivity index (χ4v) is 3.88. The first-order valence-corrected chi connectivity index (χ1v) is 10.7. The predicted molar refractivity (Wildman–Crippen MR) is 122 cm³/mol. The van der Waals surface area contributed by atoms with E-state index in [-0.39, 0.29) is 12.1 Å². The summed E-state index contributed by atoms with van der Waals surface area (Å²) in [6.45, 7) is 11.8. The third kappa shape index (κ3) is 6.23. The molecule has 0 saturated carbocycles. The van der Waals surface area contributed by atoms with Crippen molar-refractivity contribution in [3.8, 4) is 0 Å². The monoisotopic (exact) mass is 394 g/mol. The first-order chi connectivity index (χ1) is 14.0. The molecule has 2 amide bonds. The number of urea groups is 1. The van der Waals surface area contributed by atoms with Crippen molar-refractivity contribution in [3.63, 3.8) is 0 Å². The number of hydrogen-bond donors (Lipinski definition) is 2. The molecule has 0 aliphatic carbocycles. The number of carbonyl (C=O) groups excluding carboxylic acids is 1. The summed E-state index contributed by atoms with van der Waals surface area (Å²) in [5.74, 6) is 0. The van der Waals surface area contributed by atoms with E-state index in [4.69, 9.17) is 0 Å². The normalized spacial score (nSPS) is 15.8. The second kappa shape index (κ2) is 10.3. The lowest BCUT2D eigenvalue weighted by molar-refractivity contribution is 0.248. The van der Waals surface area contributed by atoms with E-state index in [2.05, 4.69) is 70.7 Å². The summed E-state index contributed by atoms with van der Waals surface area (Å²) in [7, 11) is 0. The van der Waals surface area contributed by atoms with Gasteiger partial charge in [-0.25, -0.2) is 4.79 Å². The third-order valence-corrected chi connectivity index (χ3v) is 5.70. The van der Waals surface area contributed by atoms with Gasteiger partial charge in [-0.3, -0.25) is 0 Å². The van der Waals surface area contributed by atoms with Crippen LogP contribution in [0.4, 0.5) is 16.2 Å². The van der Waals surface area contributed by atoms with Crippen molar-refractivity contribution in [2.45, 2.75) is 39.7 Å². The Morgan fingerprint density at radius 2 is 1.79 bits per heavy atom. The number of nitrogens with zero attached hydrogens (tertiary/aromatic N) is 2. The number of amides is 2. The van der Waals surface area contributed by atoms with E-state index in [1.807, 2.05) is 19.1 Å². The Balaban J connectivity index is 1.48. The molecule has 1 aliphatic heterocycles. The van der Waals surface area contributed by atoms with Crippen LogP contribution in [0.2, 0.25) is 0 Å². The molecule has 29 heavy (non-hydrogen) atoms. The van der Waals surface area contributed by atoms with Gasteiger partial charge in [-0.05, 0) is 62.6 Å². The second-order valence-corrected chi connectivity index (χ2v) is 7.95. The summed E-state index contributed by atoms with van der Waals surface area (Å²) in [5.41, 5.74) is 4.60. The van der Waals surface area contributed by atoms with E-state index in [0.717, 1.165) is 51.3 Å². The van der Waals surface area contributed by atoms with Crippen LogP contribution in [0.5, 0.6) is 0 Å². The van der Waals surface area contributed by atoms with Gasteiger partial charge in [-0.15, -0.1) is 0 Å². The third-order valence-electron chi connectivity index (χ3n) is 5.70. The molecule has 0 unspecified atom stereocenters. The lowest BCUT2D eigenvalue weighted by Gasteiger charge is -2.36. The van der Waals surface area contributed by atoms with Crippen molar-refractivity contribution in [1.29, 1.82) is 0 Å². The lowest BCUT2D eigenvalue weighted by atomic mass is 10.1. The minimum Gasteiger partial charge on any atom is -0.369 e. The Morgan fingerprint density at radius 1 is 1.07 bits per heavy atom. The van der Waals surface area contributed by atoms with Gasteiger partial charge in [0, 0.05) is 43.6 Å². The van der Waals surface area contributed by atoms with Crippen LogP contribution < -0.4 is 15.5 Å². The average Bonchev–Trinajstić information content (AvgIpc) is 2.73. The molecule has 5 nitrogen and oxygen atoms in total. The fourth-order valence-electron chi connectivity index (χ4n) is 3.88. The van der Waals surface area contributed by atoms with Gasteiger partial charge in [-0.2, -0.15) is 0 Å². The molecule has 1 aliphatic rings. The Kier molecular flexibility index (Phi) is 7.53. The number of aryl methyl sites for hydroxylation is 2. The number of hydrogen-bond acceptors (Lipinski definition) is 3. The number of likely N-dealkylation sites (N-methyl/N-ethyl adjacent to an activating group) is 1. The van der Waals surface area contributed by atoms with E-state index in [9.17, 15) is 4.79 Å². The Bertz CT molecular complexity index is 785. The maximum Gasteiger partial charge on any atom is 0.319 e. The second-order valence-electron chi connectivity index (χ2n) is 7.95. The molecular weight excluding hydrogens is 360 g/mol. The Labute approximate surface area is 175 Å². The lowest BCUT2D eigenvalue weighted by Crippen LogP contribution is -2.46. The van der Waals surface area contributed by atoms with Gasteiger partial charge >= 0.3 is 6.03 Å². The van der Waals surface area contributed by atoms with Gasteiger partial charge in [0.2, 0.25) is 0 Å². The maximum absolute atomic E-state index is 12.4. The van der Waals surface area contributed by atoms with Crippen LogP contribution in [-0.2, 0) is 6.42 Å². The smallest absolute Gasteiger partial charge is 0.319 e. The molecule has 0 aromatic heterocycles. The summed E-state index contributed by atoms with van der Waals surface area (Å²) in [6, 6.07) is 16.5. The highest BCUT2D eigenvalue weighted by atomic mass is 16.2. The van der Waals surface area contributed by atoms with Crippen molar-refractivity contribution >= 4 is 17.4 Å². The van der Waals surface area contributed by atoms with Gasteiger partial charge < -0.3 is 20.4 Å². The molecule has 2 aromatic rings. The van der Waals surface area contributed by atoms with E-state index in [1.165, 1.54) is 16.8 Å². The van der Waals surface area contributed by atoms with E-state index in [0.29, 0.717) is 0 Å². The van der Waals surface area contributed by atoms with Gasteiger partial charge in [0.1, 0.15) is 0 Å². The van der Waals surface area contributed by atoms with Crippen LogP contribution in [0.3, 0.4) is 0 Å². The largest absolute Gasteiger partial charge is 0.369 e. The molecule has 156 valence electrons. The summed E-state index contributed by atoms with van der Waals surface area (Å²) in [4.78, 5) is 17.3. The predicted octanol–water partition coefficient (Wildman–Crippen LogP) is 4.28. The Morgan fingerprint density at radius 3 is 2.45 bits per heavy atom. The summed E-state index contributed by atoms with van der Waals surface area (Å²) < 4.78 is 0. The van der Waals surface area contributed by atoms with E-state index < -0.39 is 0 Å². The van der Waals surface area contributed by atoms with Crippen LogP contribution in [0, 0.1) is 6.92 Å². The van der Waals surface area contributed by atoms with Gasteiger partial charge in [0.25, 0.3) is 0 Å². The van der Waals surface area contributed by atoms with Crippen LogP contribution in [0.25, 0.3) is 0 Å². The first kappa shape index (κ1) is 21.2. The highest BCUT2D eigenvalue weighted by Gasteiger charge is 2.17. The van der Waals surface area contributed by atoms with Crippen molar-refractivity contribution in [1.82, 2.24) is 10.2 Å². The molecule has 1 atom stereocenters. The highest BCUT2D eigenvalue weighted by molar-refractivity contribution is 5.89. The molecule has 0 radical (unpaired) electrons. The highest BCUT2D eigenvalue weighted by Crippen LogP contribution is 2.24. The molecule has 1 saturated heterocycles. The van der Waals surface area contributed by atoms with Crippen LogP contribution in [0.15, 0.2) is 48.5 Å². The maximum atomic E-state index is 12.4. The average molecular weight is 395 g/mol. The summed E-state index contributed by atoms with van der Waals surface area (Å²) in [6.07, 6.45) is 1.88. The molecule has 2 N–H and O–H groups in total. The van der Waals surface area contributed by atoms with Gasteiger partial charge in [0.05, 0.1) is 0 Å².